The molecule has 1 fully saturated rings. The van der Waals surface area contributed by atoms with Gasteiger partial charge in [-0.3, -0.25) is 9.59 Å². The molecule has 0 saturated carbocycles. The van der Waals surface area contributed by atoms with Gasteiger partial charge in [-0.05, 0) is 49.4 Å². The van der Waals surface area contributed by atoms with Gasteiger partial charge in [0.15, 0.2) is 0 Å². The number of hydrogen-bond donors (Lipinski definition) is 3. The molecule has 2 atom stereocenters. The SMILES string of the molecule is CC1CC(NC(=O)CCNC(=O)c2ccc(C(C)(C)C)cc2)CCN1.Cl. The van der Waals surface area contributed by atoms with Crippen LogP contribution < -0.4 is 16.0 Å². The molecule has 1 aliphatic heterocycles. The monoisotopic (exact) mass is 381 g/mol. The van der Waals surface area contributed by atoms with Crippen LogP contribution in [0.15, 0.2) is 24.3 Å². The molecule has 0 aliphatic carbocycles. The van der Waals surface area contributed by atoms with Crippen LogP contribution in [0.3, 0.4) is 0 Å². The molecule has 2 rings (SSSR count). The normalized spacial score (nSPS) is 20.0. The van der Waals surface area contributed by atoms with Crippen molar-refractivity contribution in [2.75, 3.05) is 13.1 Å². The molecule has 5 nitrogen and oxygen atoms in total. The molecule has 2 amide bonds. The molecular formula is C20H32ClN3O2. The van der Waals surface area contributed by atoms with E-state index in [2.05, 4.69) is 43.6 Å². The first-order chi connectivity index (χ1) is 11.8. The van der Waals surface area contributed by atoms with Gasteiger partial charge < -0.3 is 16.0 Å². The van der Waals surface area contributed by atoms with Gasteiger partial charge >= 0.3 is 0 Å². The van der Waals surface area contributed by atoms with Crippen molar-refractivity contribution in [3.8, 4) is 0 Å². The first-order valence-electron chi connectivity index (χ1n) is 9.17. The fraction of sp³-hybridized carbons (Fsp3) is 0.600. The van der Waals surface area contributed by atoms with E-state index in [-0.39, 0.29) is 35.7 Å². The number of hydrogen-bond acceptors (Lipinski definition) is 3. The number of benzene rings is 1. The fourth-order valence-corrected chi connectivity index (χ4v) is 3.08. The van der Waals surface area contributed by atoms with Crippen LogP contribution in [-0.4, -0.2) is 37.0 Å². The van der Waals surface area contributed by atoms with E-state index in [1.54, 1.807) is 0 Å². The highest BCUT2D eigenvalue weighted by atomic mass is 35.5. The molecule has 3 N–H and O–H groups in total. The van der Waals surface area contributed by atoms with Crippen molar-refractivity contribution in [1.29, 1.82) is 0 Å². The van der Waals surface area contributed by atoms with Crippen LogP contribution in [0.1, 0.15) is 62.9 Å². The lowest BCUT2D eigenvalue weighted by atomic mass is 9.87. The Morgan fingerprint density at radius 2 is 1.85 bits per heavy atom. The second-order valence-electron chi connectivity index (χ2n) is 7.98. The van der Waals surface area contributed by atoms with Gasteiger partial charge in [0.2, 0.25) is 5.91 Å². The van der Waals surface area contributed by atoms with Gasteiger partial charge in [0.05, 0.1) is 0 Å². The molecule has 0 radical (unpaired) electrons. The highest BCUT2D eigenvalue weighted by Gasteiger charge is 2.19. The van der Waals surface area contributed by atoms with E-state index in [4.69, 9.17) is 0 Å². The summed E-state index contributed by atoms with van der Waals surface area (Å²) in [5, 5.41) is 9.24. The van der Waals surface area contributed by atoms with Crippen LogP contribution in [0.4, 0.5) is 0 Å². The lowest BCUT2D eigenvalue weighted by Crippen LogP contribution is -2.47. The molecule has 2 unspecified atom stereocenters. The number of halogens is 1. The highest BCUT2D eigenvalue weighted by Crippen LogP contribution is 2.22. The summed E-state index contributed by atoms with van der Waals surface area (Å²) in [6.07, 6.45) is 2.23. The first kappa shape index (κ1) is 22.5. The Bertz CT molecular complexity index is 596. The molecule has 6 heteroatoms. The molecule has 0 spiro atoms. The lowest BCUT2D eigenvalue weighted by molar-refractivity contribution is -0.121. The van der Waals surface area contributed by atoms with Crippen molar-refractivity contribution in [3.63, 3.8) is 0 Å². The quantitative estimate of drug-likeness (QED) is 0.734. The number of carbonyl (C=O) groups is 2. The van der Waals surface area contributed by atoms with Crippen LogP contribution >= 0.6 is 12.4 Å². The van der Waals surface area contributed by atoms with Crippen LogP contribution in [0.2, 0.25) is 0 Å². The Kier molecular flexibility index (Phi) is 8.57. The van der Waals surface area contributed by atoms with Gasteiger partial charge in [-0.2, -0.15) is 0 Å². The summed E-state index contributed by atoms with van der Waals surface area (Å²) in [5.74, 6) is -0.133. The minimum absolute atomic E-state index is 0. The van der Waals surface area contributed by atoms with Crippen molar-refractivity contribution in [1.82, 2.24) is 16.0 Å². The third-order valence-electron chi connectivity index (χ3n) is 4.64. The van der Waals surface area contributed by atoms with Crippen molar-refractivity contribution in [2.24, 2.45) is 0 Å². The minimum atomic E-state index is -0.135. The van der Waals surface area contributed by atoms with Crippen molar-refractivity contribution >= 4 is 24.2 Å². The molecule has 0 aromatic heterocycles. The van der Waals surface area contributed by atoms with Crippen LogP contribution in [0, 0.1) is 0 Å². The zero-order valence-electron chi connectivity index (χ0n) is 16.2. The van der Waals surface area contributed by atoms with E-state index in [0.29, 0.717) is 24.6 Å². The Balaban J connectivity index is 0.00000338. The van der Waals surface area contributed by atoms with E-state index in [1.807, 2.05) is 24.3 Å². The maximum absolute atomic E-state index is 12.2. The van der Waals surface area contributed by atoms with Gasteiger partial charge in [-0.15, -0.1) is 12.4 Å². The van der Waals surface area contributed by atoms with Crippen LogP contribution in [-0.2, 0) is 10.2 Å². The summed E-state index contributed by atoms with van der Waals surface area (Å²) in [7, 11) is 0. The Morgan fingerprint density at radius 3 is 2.42 bits per heavy atom. The lowest BCUT2D eigenvalue weighted by Gasteiger charge is -2.28. The van der Waals surface area contributed by atoms with Gasteiger partial charge in [-0.1, -0.05) is 32.9 Å². The zero-order chi connectivity index (χ0) is 18.4. The molecule has 26 heavy (non-hydrogen) atoms. The van der Waals surface area contributed by atoms with Crippen molar-refractivity contribution in [3.05, 3.63) is 35.4 Å². The molecule has 146 valence electrons. The smallest absolute Gasteiger partial charge is 0.251 e. The maximum atomic E-state index is 12.2. The highest BCUT2D eigenvalue weighted by molar-refractivity contribution is 5.94. The molecule has 0 bridgehead atoms. The van der Waals surface area contributed by atoms with Crippen molar-refractivity contribution in [2.45, 2.75) is 64.5 Å². The predicted molar refractivity (Wildman–Crippen MR) is 108 cm³/mol. The third kappa shape index (κ3) is 6.96. The van der Waals surface area contributed by atoms with E-state index < -0.39 is 0 Å². The van der Waals surface area contributed by atoms with E-state index in [1.165, 1.54) is 5.56 Å². The standard InChI is InChI=1S/C20H31N3O2.ClH/c1-14-13-17(9-11-21-14)23-18(24)10-12-22-19(25)15-5-7-16(8-6-15)20(2,3)4;/h5-8,14,17,21H,9-13H2,1-4H3,(H,22,25)(H,23,24);1H. The van der Waals surface area contributed by atoms with E-state index >= 15 is 0 Å². The predicted octanol–water partition coefficient (Wildman–Crippen LogP) is 2.78. The van der Waals surface area contributed by atoms with Crippen LogP contribution in [0.25, 0.3) is 0 Å². The number of piperidine rings is 1. The Hall–Kier alpha value is -1.59. The van der Waals surface area contributed by atoms with Crippen molar-refractivity contribution < 1.29 is 9.59 Å². The van der Waals surface area contributed by atoms with E-state index in [9.17, 15) is 9.59 Å². The molecule has 1 aliphatic rings. The summed E-state index contributed by atoms with van der Waals surface area (Å²) in [5.41, 5.74) is 1.89. The second-order valence-corrected chi connectivity index (χ2v) is 7.98. The summed E-state index contributed by atoms with van der Waals surface area (Å²) in [6.45, 7) is 9.85. The summed E-state index contributed by atoms with van der Waals surface area (Å²) >= 11 is 0. The average molecular weight is 382 g/mol. The molecule has 1 saturated heterocycles. The number of amides is 2. The summed E-state index contributed by atoms with van der Waals surface area (Å²) in [6, 6.07) is 8.33. The Labute approximate surface area is 163 Å². The molecule has 1 heterocycles. The summed E-state index contributed by atoms with van der Waals surface area (Å²) in [4.78, 5) is 24.2. The third-order valence-corrected chi connectivity index (χ3v) is 4.64. The average Bonchev–Trinajstić information content (AvgIpc) is 2.54. The Morgan fingerprint density at radius 1 is 1.19 bits per heavy atom. The molecular weight excluding hydrogens is 350 g/mol. The molecule has 1 aromatic carbocycles. The van der Waals surface area contributed by atoms with Gasteiger partial charge in [-0.25, -0.2) is 0 Å². The maximum Gasteiger partial charge on any atom is 0.251 e. The van der Waals surface area contributed by atoms with Gasteiger partial charge in [0, 0.05) is 30.6 Å². The minimum Gasteiger partial charge on any atom is -0.353 e. The largest absolute Gasteiger partial charge is 0.353 e. The summed E-state index contributed by atoms with van der Waals surface area (Å²) < 4.78 is 0. The van der Waals surface area contributed by atoms with E-state index in [0.717, 1.165) is 19.4 Å². The fourth-order valence-electron chi connectivity index (χ4n) is 3.08. The second kappa shape index (κ2) is 9.93. The van der Waals surface area contributed by atoms with Gasteiger partial charge in [0.25, 0.3) is 5.91 Å². The zero-order valence-corrected chi connectivity index (χ0v) is 17.0. The number of rotatable bonds is 5. The number of nitrogens with one attached hydrogen (secondary N) is 3. The van der Waals surface area contributed by atoms with Gasteiger partial charge in [0.1, 0.15) is 0 Å². The molecule has 1 aromatic rings. The topological polar surface area (TPSA) is 70.2 Å². The van der Waals surface area contributed by atoms with Crippen LogP contribution in [0.5, 0.6) is 0 Å². The first-order valence-corrected chi connectivity index (χ1v) is 9.17. The number of carbonyl (C=O) groups excluding carboxylic acids is 2.